The van der Waals surface area contributed by atoms with E-state index in [1.54, 1.807) is 24.3 Å². The third-order valence-electron chi connectivity index (χ3n) is 7.03. The fraction of sp³-hybridized carbons (Fsp3) is 0.333. The van der Waals surface area contributed by atoms with E-state index in [0.29, 0.717) is 11.3 Å². The summed E-state index contributed by atoms with van der Waals surface area (Å²) in [6.07, 6.45) is 0.316. The Kier molecular flexibility index (Phi) is 4.63. The first-order chi connectivity index (χ1) is 15.4. The molecular weight excluding hydrogens is 408 g/mol. The molecular formula is C24H24N4O4. The van der Waals surface area contributed by atoms with Crippen LogP contribution in [0.15, 0.2) is 54.6 Å². The molecule has 3 aliphatic heterocycles. The van der Waals surface area contributed by atoms with Gasteiger partial charge in [-0.2, -0.15) is 0 Å². The lowest BCUT2D eigenvalue weighted by Crippen LogP contribution is -2.53. The number of imide groups is 1. The SMILES string of the molecule is C[C@@H](c1ccccc1)N1C(=O)[C@@H]2[C@H](CCC(N)=O)N[C@@]3(C(=O)Nc4ccccc43)[C@@H]2C1=O. The molecule has 0 aliphatic carbocycles. The lowest BCUT2D eigenvalue weighted by atomic mass is 9.76. The number of para-hydroxylation sites is 1. The van der Waals surface area contributed by atoms with E-state index in [1.807, 2.05) is 37.3 Å². The summed E-state index contributed by atoms with van der Waals surface area (Å²) in [4.78, 5) is 53.6. The smallest absolute Gasteiger partial charge is 0.250 e. The van der Waals surface area contributed by atoms with Crippen LogP contribution < -0.4 is 16.4 Å². The number of nitrogens with one attached hydrogen (secondary N) is 2. The minimum Gasteiger partial charge on any atom is -0.370 e. The third kappa shape index (κ3) is 2.72. The van der Waals surface area contributed by atoms with E-state index in [4.69, 9.17) is 5.73 Å². The van der Waals surface area contributed by atoms with Gasteiger partial charge in [-0.3, -0.25) is 29.4 Å². The van der Waals surface area contributed by atoms with Crippen LogP contribution in [0.1, 0.15) is 36.9 Å². The van der Waals surface area contributed by atoms with Crippen LogP contribution in [0.2, 0.25) is 0 Å². The zero-order valence-electron chi connectivity index (χ0n) is 17.6. The Hall–Kier alpha value is -3.52. The fourth-order valence-electron chi connectivity index (χ4n) is 5.59. The molecule has 8 heteroatoms. The van der Waals surface area contributed by atoms with Crippen molar-refractivity contribution in [2.45, 2.75) is 37.4 Å². The van der Waals surface area contributed by atoms with Crippen molar-refractivity contribution < 1.29 is 19.2 Å². The zero-order chi connectivity index (χ0) is 22.6. The average molecular weight is 432 g/mol. The molecule has 0 radical (unpaired) electrons. The van der Waals surface area contributed by atoms with Crippen molar-refractivity contribution in [3.05, 3.63) is 65.7 Å². The molecule has 2 fully saturated rings. The Bertz CT molecular complexity index is 1130. The molecule has 4 amide bonds. The summed E-state index contributed by atoms with van der Waals surface area (Å²) in [5.41, 5.74) is 6.11. The molecule has 4 N–H and O–H groups in total. The van der Waals surface area contributed by atoms with Crippen LogP contribution in [0.3, 0.4) is 0 Å². The molecule has 5 rings (SSSR count). The van der Waals surface area contributed by atoms with Gasteiger partial charge in [-0.05, 0) is 25.0 Å². The molecule has 3 heterocycles. The van der Waals surface area contributed by atoms with Gasteiger partial charge in [-0.25, -0.2) is 0 Å². The van der Waals surface area contributed by atoms with Gasteiger partial charge in [0.1, 0.15) is 5.54 Å². The Morgan fingerprint density at radius 3 is 2.47 bits per heavy atom. The summed E-state index contributed by atoms with van der Waals surface area (Å²) in [6, 6.07) is 15.5. The largest absolute Gasteiger partial charge is 0.370 e. The number of carbonyl (C=O) groups is 4. The lowest BCUT2D eigenvalue weighted by Gasteiger charge is -2.31. The monoisotopic (exact) mass is 432 g/mol. The molecule has 0 aromatic heterocycles. The van der Waals surface area contributed by atoms with Crippen molar-refractivity contribution in [2.24, 2.45) is 17.6 Å². The molecule has 0 bridgehead atoms. The molecule has 2 aromatic carbocycles. The quantitative estimate of drug-likeness (QED) is 0.617. The minimum absolute atomic E-state index is 0.0515. The topological polar surface area (TPSA) is 122 Å². The maximum absolute atomic E-state index is 13.8. The van der Waals surface area contributed by atoms with Crippen LogP contribution in [0.4, 0.5) is 5.69 Å². The molecule has 5 atom stereocenters. The normalized spacial score (nSPS) is 29.2. The fourth-order valence-corrected chi connectivity index (χ4v) is 5.59. The van der Waals surface area contributed by atoms with E-state index < -0.39 is 35.4 Å². The van der Waals surface area contributed by atoms with Crippen LogP contribution in [0, 0.1) is 11.8 Å². The Balaban J connectivity index is 1.61. The van der Waals surface area contributed by atoms with E-state index in [2.05, 4.69) is 10.6 Å². The minimum atomic E-state index is -1.36. The van der Waals surface area contributed by atoms with Gasteiger partial charge in [0.05, 0.1) is 17.9 Å². The van der Waals surface area contributed by atoms with Crippen molar-refractivity contribution in [1.82, 2.24) is 10.2 Å². The first-order valence-corrected chi connectivity index (χ1v) is 10.7. The number of fused-ring (bicyclic) bond motifs is 4. The predicted octanol–water partition coefficient (Wildman–Crippen LogP) is 1.43. The highest BCUT2D eigenvalue weighted by molar-refractivity contribution is 6.15. The molecule has 0 unspecified atom stereocenters. The van der Waals surface area contributed by atoms with Crippen molar-refractivity contribution in [3.63, 3.8) is 0 Å². The van der Waals surface area contributed by atoms with Gasteiger partial charge in [-0.15, -0.1) is 0 Å². The number of primary amides is 1. The van der Waals surface area contributed by atoms with Crippen molar-refractivity contribution >= 4 is 29.3 Å². The van der Waals surface area contributed by atoms with Crippen LogP contribution in [0.25, 0.3) is 0 Å². The van der Waals surface area contributed by atoms with E-state index >= 15 is 0 Å². The summed E-state index contributed by atoms with van der Waals surface area (Å²) in [7, 11) is 0. The summed E-state index contributed by atoms with van der Waals surface area (Å²) in [5.74, 6) is -3.21. The maximum atomic E-state index is 13.8. The number of rotatable bonds is 5. The van der Waals surface area contributed by atoms with Crippen LogP contribution >= 0.6 is 0 Å². The number of nitrogens with zero attached hydrogens (tertiary/aromatic N) is 1. The molecule has 32 heavy (non-hydrogen) atoms. The standard InChI is InChI=1S/C24H24N4O4/c1-13(14-7-3-2-4-8-14)28-21(30)19-17(11-12-18(25)29)27-24(20(19)22(28)31)15-9-5-6-10-16(15)26-23(24)32/h2-10,13,17,19-20,27H,11-12H2,1H3,(H2,25,29)(H,26,32)/t13-,17-,19+,20-,24+/m0/s1. The van der Waals surface area contributed by atoms with Gasteiger partial charge in [0.15, 0.2) is 0 Å². The van der Waals surface area contributed by atoms with Crippen molar-refractivity contribution in [1.29, 1.82) is 0 Å². The number of hydrogen-bond donors (Lipinski definition) is 3. The summed E-state index contributed by atoms with van der Waals surface area (Å²) < 4.78 is 0. The number of benzene rings is 2. The highest BCUT2D eigenvalue weighted by Gasteiger charge is 2.70. The van der Waals surface area contributed by atoms with Gasteiger partial charge in [0.2, 0.25) is 23.6 Å². The number of nitrogens with two attached hydrogens (primary N) is 1. The number of carbonyl (C=O) groups excluding carboxylic acids is 4. The Morgan fingerprint density at radius 2 is 1.75 bits per heavy atom. The highest BCUT2D eigenvalue weighted by Crippen LogP contribution is 2.54. The average Bonchev–Trinajstić information content (AvgIpc) is 3.37. The Labute approximate surface area is 185 Å². The Morgan fingerprint density at radius 1 is 1.06 bits per heavy atom. The van der Waals surface area contributed by atoms with E-state index in [0.717, 1.165) is 5.56 Å². The van der Waals surface area contributed by atoms with Crippen molar-refractivity contribution in [3.8, 4) is 0 Å². The highest BCUT2D eigenvalue weighted by atomic mass is 16.2. The molecule has 0 saturated carbocycles. The third-order valence-corrected chi connectivity index (χ3v) is 7.03. The van der Waals surface area contributed by atoms with Crippen LogP contribution in [-0.2, 0) is 24.7 Å². The predicted molar refractivity (Wildman–Crippen MR) is 116 cm³/mol. The second-order valence-corrected chi connectivity index (χ2v) is 8.70. The first kappa shape index (κ1) is 20.4. The van der Waals surface area contributed by atoms with Gasteiger partial charge in [0, 0.05) is 23.7 Å². The van der Waals surface area contributed by atoms with Gasteiger partial charge >= 0.3 is 0 Å². The number of likely N-dealkylation sites (tertiary alicyclic amines) is 1. The maximum Gasteiger partial charge on any atom is 0.250 e. The molecule has 1 spiro atoms. The summed E-state index contributed by atoms with van der Waals surface area (Å²) >= 11 is 0. The second kappa shape index (κ2) is 7.27. The van der Waals surface area contributed by atoms with Crippen LogP contribution in [-0.4, -0.2) is 34.6 Å². The van der Waals surface area contributed by atoms with Gasteiger partial charge < -0.3 is 11.1 Å². The van der Waals surface area contributed by atoms with Crippen LogP contribution in [0.5, 0.6) is 0 Å². The lowest BCUT2D eigenvalue weighted by molar-refractivity contribution is -0.145. The second-order valence-electron chi connectivity index (χ2n) is 8.70. The van der Waals surface area contributed by atoms with E-state index in [1.165, 1.54) is 4.90 Å². The summed E-state index contributed by atoms with van der Waals surface area (Å²) in [6.45, 7) is 1.81. The number of hydrogen-bond acceptors (Lipinski definition) is 5. The number of anilines is 1. The summed E-state index contributed by atoms with van der Waals surface area (Å²) in [5, 5.41) is 6.17. The number of amides is 4. The molecule has 8 nitrogen and oxygen atoms in total. The molecule has 164 valence electrons. The zero-order valence-corrected chi connectivity index (χ0v) is 17.6. The van der Waals surface area contributed by atoms with Crippen molar-refractivity contribution in [2.75, 3.05) is 5.32 Å². The molecule has 2 saturated heterocycles. The molecule has 3 aliphatic rings. The first-order valence-electron chi connectivity index (χ1n) is 10.7. The van der Waals surface area contributed by atoms with Gasteiger partial charge in [-0.1, -0.05) is 48.5 Å². The molecule has 2 aromatic rings. The van der Waals surface area contributed by atoms with E-state index in [9.17, 15) is 19.2 Å². The van der Waals surface area contributed by atoms with Gasteiger partial charge in [0.25, 0.3) is 0 Å². The van der Waals surface area contributed by atoms with E-state index in [-0.39, 0.29) is 30.6 Å².